The van der Waals surface area contributed by atoms with E-state index in [2.05, 4.69) is 11.8 Å². The molecule has 1 aliphatic rings. The second-order valence-electron chi connectivity index (χ2n) is 9.16. The highest BCUT2D eigenvalue weighted by Gasteiger charge is 2.32. The summed E-state index contributed by atoms with van der Waals surface area (Å²) in [5.41, 5.74) is 1.63. The van der Waals surface area contributed by atoms with Gasteiger partial charge in [0.05, 0.1) is 17.6 Å². The Morgan fingerprint density at radius 1 is 1.19 bits per heavy atom. The number of fused-ring (bicyclic) bond motifs is 1. The first-order valence-electron chi connectivity index (χ1n) is 10.8. The monoisotopic (exact) mass is 458 g/mol. The maximum atomic E-state index is 14.6. The van der Waals surface area contributed by atoms with E-state index in [9.17, 15) is 9.18 Å². The summed E-state index contributed by atoms with van der Waals surface area (Å²) in [5.74, 6) is 0.394. The molecule has 1 amide bonds. The average Bonchev–Trinajstić information content (AvgIpc) is 3.07. The minimum Gasteiger partial charge on any atom is -0.444 e. The van der Waals surface area contributed by atoms with Crippen LogP contribution >= 0.6 is 11.6 Å². The molecule has 4 rings (SSSR count). The van der Waals surface area contributed by atoms with Crippen LogP contribution in [-0.2, 0) is 11.3 Å². The van der Waals surface area contributed by atoms with Crippen molar-refractivity contribution >= 4 is 34.7 Å². The number of aromatic nitrogens is 2. The molecule has 0 saturated carbocycles. The van der Waals surface area contributed by atoms with Gasteiger partial charge in [-0.15, -0.1) is 0 Å². The second kappa shape index (κ2) is 8.62. The lowest BCUT2D eigenvalue weighted by molar-refractivity contribution is 0.0218. The summed E-state index contributed by atoms with van der Waals surface area (Å²) in [7, 11) is 0. The van der Waals surface area contributed by atoms with Crippen molar-refractivity contribution in [3.8, 4) is 0 Å². The molecule has 3 aromatic rings. The molecule has 170 valence electrons. The van der Waals surface area contributed by atoms with E-state index in [4.69, 9.17) is 21.3 Å². The Balaban J connectivity index is 1.65. The molecule has 0 radical (unpaired) electrons. The van der Waals surface area contributed by atoms with E-state index in [0.717, 1.165) is 17.0 Å². The molecule has 0 spiro atoms. The number of carbonyl (C=O) groups is 1. The van der Waals surface area contributed by atoms with Gasteiger partial charge in [0.15, 0.2) is 0 Å². The van der Waals surface area contributed by atoms with Crippen LogP contribution in [0.4, 0.5) is 15.1 Å². The highest BCUT2D eigenvalue weighted by molar-refractivity contribution is 6.31. The van der Waals surface area contributed by atoms with Gasteiger partial charge in [0.25, 0.3) is 0 Å². The van der Waals surface area contributed by atoms with Gasteiger partial charge in [0.1, 0.15) is 11.4 Å². The molecule has 2 aromatic carbocycles. The molecule has 1 atom stereocenters. The molecule has 1 aromatic heterocycles. The Kier molecular flexibility index (Phi) is 6.03. The van der Waals surface area contributed by atoms with Crippen LogP contribution in [0.15, 0.2) is 42.5 Å². The van der Waals surface area contributed by atoms with Crippen molar-refractivity contribution in [2.75, 3.05) is 24.5 Å². The van der Waals surface area contributed by atoms with Crippen molar-refractivity contribution < 1.29 is 13.9 Å². The number of benzene rings is 2. The van der Waals surface area contributed by atoms with Crippen LogP contribution < -0.4 is 4.90 Å². The number of imidazole rings is 1. The Bertz CT molecular complexity index is 1120. The molecule has 32 heavy (non-hydrogen) atoms. The number of anilines is 1. The standard InChI is InChI=1S/C24H28ClFN4O2/c1-16-14-28(23(31)32-24(2,3)4)12-13-29(16)22-27-20-10-5-6-11-21(20)30(22)15-17-18(25)8-7-9-19(17)26/h5-11,16H,12-15H2,1-4H3. The average molecular weight is 459 g/mol. The van der Waals surface area contributed by atoms with Gasteiger partial charge in [-0.25, -0.2) is 14.2 Å². The maximum Gasteiger partial charge on any atom is 0.410 e. The summed E-state index contributed by atoms with van der Waals surface area (Å²) in [6.45, 7) is 9.52. The number of hydrogen-bond acceptors (Lipinski definition) is 4. The lowest BCUT2D eigenvalue weighted by Gasteiger charge is -2.40. The van der Waals surface area contributed by atoms with Crippen LogP contribution in [0.3, 0.4) is 0 Å². The Morgan fingerprint density at radius 2 is 1.94 bits per heavy atom. The van der Waals surface area contributed by atoms with E-state index in [0.29, 0.717) is 30.2 Å². The normalized spacial score (nSPS) is 17.1. The maximum absolute atomic E-state index is 14.6. The fourth-order valence-corrected chi connectivity index (χ4v) is 4.25. The van der Waals surface area contributed by atoms with Gasteiger partial charge in [-0.1, -0.05) is 29.8 Å². The highest BCUT2D eigenvalue weighted by atomic mass is 35.5. The van der Waals surface area contributed by atoms with Crippen molar-refractivity contribution in [3.05, 3.63) is 58.9 Å². The number of para-hydroxylation sites is 2. The van der Waals surface area contributed by atoms with Crippen LogP contribution in [0.5, 0.6) is 0 Å². The minimum absolute atomic E-state index is 0.00271. The fourth-order valence-electron chi connectivity index (χ4n) is 4.03. The molecule has 1 saturated heterocycles. The van der Waals surface area contributed by atoms with E-state index in [1.54, 1.807) is 17.0 Å². The topological polar surface area (TPSA) is 50.6 Å². The predicted octanol–water partition coefficient (Wildman–Crippen LogP) is 5.32. The summed E-state index contributed by atoms with van der Waals surface area (Å²) >= 11 is 6.33. The zero-order chi connectivity index (χ0) is 23.0. The van der Waals surface area contributed by atoms with Crippen LogP contribution in [0, 0.1) is 5.82 Å². The van der Waals surface area contributed by atoms with E-state index in [-0.39, 0.29) is 24.5 Å². The summed E-state index contributed by atoms with van der Waals surface area (Å²) in [5, 5.41) is 0.386. The Labute approximate surface area is 192 Å². The molecular weight excluding hydrogens is 431 g/mol. The molecule has 1 fully saturated rings. The molecule has 2 heterocycles. The number of amides is 1. The van der Waals surface area contributed by atoms with Crippen molar-refractivity contribution in [1.29, 1.82) is 0 Å². The number of piperazine rings is 1. The van der Waals surface area contributed by atoms with Crippen molar-refractivity contribution in [2.45, 2.75) is 45.9 Å². The van der Waals surface area contributed by atoms with Crippen molar-refractivity contribution in [3.63, 3.8) is 0 Å². The Morgan fingerprint density at radius 3 is 2.62 bits per heavy atom. The van der Waals surface area contributed by atoms with E-state index in [1.807, 2.05) is 49.6 Å². The molecule has 0 N–H and O–H groups in total. The summed E-state index contributed by atoms with van der Waals surface area (Å²) in [6.07, 6.45) is -0.310. The number of carbonyl (C=O) groups excluding carboxylic acids is 1. The summed E-state index contributed by atoms with van der Waals surface area (Å²) < 4.78 is 22.1. The fraction of sp³-hybridized carbons (Fsp3) is 0.417. The first-order chi connectivity index (χ1) is 15.1. The largest absolute Gasteiger partial charge is 0.444 e. The summed E-state index contributed by atoms with van der Waals surface area (Å²) in [4.78, 5) is 21.3. The zero-order valence-electron chi connectivity index (χ0n) is 18.8. The molecule has 8 heteroatoms. The number of hydrogen-bond donors (Lipinski definition) is 0. The lowest BCUT2D eigenvalue weighted by Crippen LogP contribution is -2.55. The van der Waals surface area contributed by atoms with Crippen LogP contribution in [-0.4, -0.2) is 51.8 Å². The first-order valence-corrected chi connectivity index (χ1v) is 11.1. The zero-order valence-corrected chi connectivity index (χ0v) is 19.6. The molecule has 1 aliphatic heterocycles. The van der Waals surface area contributed by atoms with E-state index >= 15 is 0 Å². The number of ether oxygens (including phenoxy) is 1. The van der Waals surface area contributed by atoms with E-state index < -0.39 is 5.60 Å². The smallest absolute Gasteiger partial charge is 0.410 e. The number of rotatable bonds is 3. The van der Waals surface area contributed by atoms with Gasteiger partial charge >= 0.3 is 6.09 Å². The third-order valence-corrected chi connectivity index (χ3v) is 5.90. The van der Waals surface area contributed by atoms with Crippen LogP contribution in [0.2, 0.25) is 5.02 Å². The van der Waals surface area contributed by atoms with Crippen LogP contribution in [0.25, 0.3) is 11.0 Å². The van der Waals surface area contributed by atoms with Gasteiger partial charge < -0.3 is 19.1 Å². The van der Waals surface area contributed by atoms with Gasteiger partial charge in [0, 0.05) is 36.3 Å². The van der Waals surface area contributed by atoms with Gasteiger partial charge in [-0.05, 0) is 52.0 Å². The SMILES string of the molecule is CC1CN(C(=O)OC(C)(C)C)CCN1c1nc2ccccc2n1Cc1c(F)cccc1Cl. The van der Waals surface area contributed by atoms with Gasteiger partial charge in [-0.2, -0.15) is 0 Å². The molecule has 6 nitrogen and oxygen atoms in total. The second-order valence-corrected chi connectivity index (χ2v) is 9.56. The van der Waals surface area contributed by atoms with Crippen molar-refractivity contribution in [2.24, 2.45) is 0 Å². The van der Waals surface area contributed by atoms with E-state index in [1.165, 1.54) is 6.07 Å². The third-order valence-electron chi connectivity index (χ3n) is 5.55. The summed E-state index contributed by atoms with van der Waals surface area (Å²) in [6, 6.07) is 12.5. The number of halogens is 2. The molecule has 0 bridgehead atoms. The molecule has 1 unspecified atom stereocenters. The Hall–Kier alpha value is -2.80. The van der Waals surface area contributed by atoms with Crippen LogP contribution in [0.1, 0.15) is 33.3 Å². The molecular formula is C24H28ClFN4O2. The lowest BCUT2D eigenvalue weighted by atomic mass is 10.2. The van der Waals surface area contributed by atoms with Gasteiger partial charge in [-0.3, -0.25) is 0 Å². The third kappa shape index (κ3) is 4.53. The molecule has 0 aliphatic carbocycles. The quantitative estimate of drug-likeness (QED) is 0.532. The highest BCUT2D eigenvalue weighted by Crippen LogP contribution is 2.29. The number of nitrogens with zero attached hydrogens (tertiary/aromatic N) is 4. The first kappa shape index (κ1) is 22.4. The van der Waals surface area contributed by atoms with Crippen molar-refractivity contribution in [1.82, 2.24) is 14.5 Å². The van der Waals surface area contributed by atoms with Gasteiger partial charge in [0.2, 0.25) is 5.95 Å². The predicted molar refractivity (Wildman–Crippen MR) is 125 cm³/mol. The minimum atomic E-state index is -0.537.